The van der Waals surface area contributed by atoms with E-state index in [4.69, 9.17) is 4.74 Å². The van der Waals surface area contributed by atoms with E-state index in [2.05, 4.69) is 0 Å². The molecule has 8 amide bonds. The average Bonchev–Trinajstić information content (AvgIpc) is 0.936. The molecule has 0 fully saturated rings. The van der Waals surface area contributed by atoms with Crippen molar-refractivity contribution in [2.24, 2.45) is 0 Å². The summed E-state index contributed by atoms with van der Waals surface area (Å²) >= 11 is 0. The van der Waals surface area contributed by atoms with Crippen LogP contribution in [-0.2, 0) is 17.6 Å². The summed E-state index contributed by atoms with van der Waals surface area (Å²) < 4.78 is 6.23. The van der Waals surface area contributed by atoms with Crippen molar-refractivity contribution < 1.29 is 43.1 Å². The molecule has 0 aliphatic carbocycles. The largest absolute Gasteiger partial charge is 0.377 e. The van der Waals surface area contributed by atoms with Crippen molar-refractivity contribution in [1.29, 1.82) is 0 Å². The number of fused-ring (bicyclic) bond motifs is 4. The minimum absolute atomic E-state index is 0.0793. The summed E-state index contributed by atoms with van der Waals surface area (Å²) in [4.78, 5) is 120. The van der Waals surface area contributed by atoms with Crippen LogP contribution in [0.15, 0.2) is 158 Å². The molecule has 0 spiro atoms. The van der Waals surface area contributed by atoms with Crippen LogP contribution in [0.25, 0.3) is 86.2 Å². The molecule has 0 saturated heterocycles. The summed E-state index contributed by atoms with van der Waals surface area (Å²) in [6, 6.07) is 47.2. The van der Waals surface area contributed by atoms with E-state index in [1.165, 1.54) is 19.6 Å². The Hall–Kier alpha value is -10.2. The zero-order valence-corrected chi connectivity index (χ0v) is 44.9. The van der Waals surface area contributed by atoms with Gasteiger partial charge in [0.1, 0.15) is 0 Å². The normalized spacial score (nSPS) is 15.9. The molecule has 2 atom stereocenters. The topological polar surface area (TPSA) is 159 Å². The molecule has 83 heavy (non-hydrogen) atoms. The van der Waals surface area contributed by atoms with Gasteiger partial charge >= 0.3 is 0 Å². The van der Waals surface area contributed by atoms with Crippen molar-refractivity contribution in [3.8, 4) is 0 Å². The van der Waals surface area contributed by atoms with Crippen LogP contribution in [0, 0.1) is 0 Å². The van der Waals surface area contributed by atoms with Crippen LogP contribution in [0.2, 0.25) is 0 Å². The van der Waals surface area contributed by atoms with Gasteiger partial charge in [0.2, 0.25) is 0 Å². The number of carbonyl (C=O) groups is 8. The van der Waals surface area contributed by atoms with Crippen LogP contribution in [0.1, 0.15) is 108 Å². The zero-order chi connectivity index (χ0) is 56.4. The molecular formula is C70H46N4O9. The summed E-state index contributed by atoms with van der Waals surface area (Å²) in [5.41, 5.74) is 5.27. The Morgan fingerprint density at radius 2 is 0.518 bits per heavy atom. The third kappa shape index (κ3) is 6.62. The molecule has 12 aromatic rings. The molecule has 0 N–H and O–H groups in total. The molecule has 0 bridgehead atoms. The molecule has 0 saturated carbocycles. The van der Waals surface area contributed by atoms with Gasteiger partial charge in [-0.05, 0) is 151 Å². The lowest BCUT2D eigenvalue weighted by Crippen LogP contribution is -2.49. The predicted octanol–water partition coefficient (Wildman–Crippen LogP) is 12.2. The Morgan fingerprint density at radius 1 is 0.289 bits per heavy atom. The zero-order valence-electron chi connectivity index (χ0n) is 44.9. The van der Waals surface area contributed by atoms with Gasteiger partial charge in [-0.1, -0.05) is 109 Å². The third-order valence-corrected chi connectivity index (χ3v) is 18.0. The number of benzene rings is 12. The van der Waals surface area contributed by atoms with Crippen molar-refractivity contribution in [3.63, 3.8) is 0 Å². The summed E-state index contributed by atoms with van der Waals surface area (Å²) in [5.74, 6) is -3.32. The SMILES string of the molecule is CC(COCC(C)N1C(=O)c2ccc3c4ccc5c6c(ccc(c7ccc(c2c37)C1=O)c64)C(=O)N(CCc1ccccc1)C5=O)N1C(=O)c2ccc3c4ccc5c6c(ccc(c7ccc(c2c37)C1=O)c64)C(=O)N(CCc1ccccc1)C5=O. The minimum atomic E-state index is -0.746. The number of amides is 8. The van der Waals surface area contributed by atoms with E-state index >= 15 is 0 Å². The van der Waals surface area contributed by atoms with Crippen LogP contribution in [0.5, 0.6) is 0 Å². The van der Waals surface area contributed by atoms with Crippen LogP contribution in [0.4, 0.5) is 0 Å². The van der Waals surface area contributed by atoms with Gasteiger partial charge < -0.3 is 4.74 Å². The maximum absolute atomic E-state index is 14.6. The Morgan fingerprint density at radius 3 is 0.759 bits per heavy atom. The van der Waals surface area contributed by atoms with Crippen molar-refractivity contribution in [2.75, 3.05) is 26.3 Å². The maximum Gasteiger partial charge on any atom is 0.261 e. The highest BCUT2D eigenvalue weighted by atomic mass is 16.5. The van der Waals surface area contributed by atoms with E-state index in [0.29, 0.717) is 78.9 Å². The fourth-order valence-corrected chi connectivity index (χ4v) is 14.2. The first kappa shape index (κ1) is 48.6. The van der Waals surface area contributed by atoms with Crippen molar-refractivity contribution >= 4 is 133 Å². The lowest BCUT2D eigenvalue weighted by atomic mass is 9.82. The van der Waals surface area contributed by atoms with Gasteiger partial charge in [-0.2, -0.15) is 0 Å². The van der Waals surface area contributed by atoms with Crippen LogP contribution >= 0.6 is 0 Å². The van der Waals surface area contributed by atoms with Crippen molar-refractivity contribution in [3.05, 3.63) is 213 Å². The number of carbonyl (C=O) groups excluding carboxylic acids is 8. The second-order valence-corrected chi connectivity index (χ2v) is 22.5. The number of hydrogen-bond donors (Lipinski definition) is 0. The highest BCUT2D eigenvalue weighted by molar-refractivity contribution is 6.43. The highest BCUT2D eigenvalue weighted by Gasteiger charge is 2.42. The second-order valence-electron chi connectivity index (χ2n) is 22.5. The minimum Gasteiger partial charge on any atom is -0.377 e. The van der Waals surface area contributed by atoms with Gasteiger partial charge in [0.05, 0.1) is 25.3 Å². The first-order valence-electron chi connectivity index (χ1n) is 27.9. The van der Waals surface area contributed by atoms with Crippen LogP contribution in [-0.4, -0.2) is 105 Å². The molecule has 13 heteroatoms. The molecule has 4 heterocycles. The summed E-state index contributed by atoms with van der Waals surface area (Å²) in [6.45, 7) is 3.78. The van der Waals surface area contributed by atoms with Gasteiger partial charge in [-0.25, -0.2) is 0 Å². The van der Waals surface area contributed by atoms with E-state index in [1.54, 1.807) is 62.4 Å². The molecule has 0 radical (unpaired) electrons. The lowest BCUT2D eigenvalue weighted by Gasteiger charge is -2.34. The molecule has 4 aliphatic rings. The Bertz CT molecular complexity index is 4460. The van der Waals surface area contributed by atoms with E-state index in [9.17, 15) is 38.4 Å². The molecular weight excluding hydrogens is 1040 g/mol. The first-order chi connectivity index (χ1) is 40.4. The third-order valence-electron chi connectivity index (χ3n) is 18.0. The molecule has 13 nitrogen and oxygen atoms in total. The molecule has 16 rings (SSSR count). The van der Waals surface area contributed by atoms with Gasteiger partial charge in [0.25, 0.3) is 47.3 Å². The Kier molecular flexibility index (Phi) is 10.3. The van der Waals surface area contributed by atoms with Crippen LogP contribution < -0.4 is 0 Å². The van der Waals surface area contributed by atoms with Gasteiger partial charge in [-0.15, -0.1) is 0 Å². The fraction of sp³-hybridized carbons (Fsp3) is 0.143. The first-order valence-corrected chi connectivity index (χ1v) is 27.9. The van der Waals surface area contributed by atoms with Crippen molar-refractivity contribution in [1.82, 2.24) is 19.6 Å². The number of rotatable bonds is 12. The highest BCUT2D eigenvalue weighted by Crippen LogP contribution is 2.49. The molecule has 2 unspecified atom stereocenters. The molecule has 0 aromatic heterocycles. The van der Waals surface area contributed by atoms with E-state index < -0.39 is 35.7 Å². The summed E-state index contributed by atoms with van der Waals surface area (Å²) in [5, 5.41) is 11.7. The number of hydrogen-bond acceptors (Lipinski definition) is 9. The number of imide groups is 4. The molecule has 12 aromatic carbocycles. The van der Waals surface area contributed by atoms with E-state index in [-0.39, 0.29) is 49.9 Å². The smallest absolute Gasteiger partial charge is 0.261 e. The van der Waals surface area contributed by atoms with Crippen molar-refractivity contribution in [2.45, 2.75) is 38.8 Å². The van der Waals surface area contributed by atoms with Gasteiger partial charge in [0, 0.05) is 79.1 Å². The summed E-state index contributed by atoms with van der Waals surface area (Å²) in [7, 11) is 0. The van der Waals surface area contributed by atoms with E-state index in [0.717, 1.165) is 75.8 Å². The number of nitrogens with zero attached hydrogens (tertiary/aromatic N) is 4. The van der Waals surface area contributed by atoms with Crippen LogP contribution in [0.3, 0.4) is 0 Å². The average molecular weight is 1090 g/mol. The van der Waals surface area contributed by atoms with Gasteiger partial charge in [-0.3, -0.25) is 58.0 Å². The Labute approximate surface area is 472 Å². The fourth-order valence-electron chi connectivity index (χ4n) is 14.2. The second kappa shape index (κ2) is 17.6. The molecule has 400 valence electrons. The quantitative estimate of drug-likeness (QED) is 0.0659. The van der Waals surface area contributed by atoms with E-state index in [1.807, 2.05) is 109 Å². The standard InChI is InChI=1S/C70H46N4O9/c1-35(73-67(79)51-25-17-43-39-13-21-47-59-48(64(76)71(63(47)75)31-29-37-9-5-3-6-10-37)22-14-40(55(39)59)44-18-26-52(68(73)80)61(51)57(43)44)33-83-34-36(2)74-69(81)53-27-19-45-41-15-23-49-60-50(66(78)72(65(49)77)32-30-38-11-7-4-8-12-38)24-16-42(56(41)60)46-20-28-54(70(74)82)62(53)58(45)46/h3-28,35-36H,29-34H2,1-2H3. The molecule has 4 aliphatic heterocycles. The lowest BCUT2D eigenvalue weighted by molar-refractivity contribution is 0.0235. The number of ether oxygens (including phenoxy) is 1. The van der Waals surface area contributed by atoms with Gasteiger partial charge in [0.15, 0.2) is 0 Å². The predicted molar refractivity (Wildman–Crippen MR) is 317 cm³/mol. The maximum atomic E-state index is 14.6. The summed E-state index contributed by atoms with van der Waals surface area (Å²) in [6.07, 6.45) is 1.06. The monoisotopic (exact) mass is 1090 g/mol. The Balaban J connectivity index is 0.654.